The molecule has 1 atom stereocenters. The summed E-state index contributed by atoms with van der Waals surface area (Å²) in [7, 11) is 0. The third kappa shape index (κ3) is 8.66. The molecule has 0 bridgehead atoms. The van der Waals surface area contributed by atoms with Crippen LogP contribution in [0.5, 0.6) is 11.6 Å². The third-order valence-electron chi connectivity index (χ3n) is 3.84. The van der Waals surface area contributed by atoms with Crippen LogP contribution >= 0.6 is 24.0 Å². The van der Waals surface area contributed by atoms with Crippen LogP contribution in [0.1, 0.15) is 31.1 Å². The van der Waals surface area contributed by atoms with Gasteiger partial charge in [0.05, 0.1) is 19.3 Å². The number of hydrogen-bond donors (Lipinski definition) is 3. The van der Waals surface area contributed by atoms with Crippen molar-refractivity contribution in [2.24, 2.45) is 4.99 Å². The van der Waals surface area contributed by atoms with Crippen molar-refractivity contribution >= 4 is 29.9 Å². The number of aromatic nitrogens is 1. The number of nitrogens with one attached hydrogen (secondary N) is 2. The molecule has 1 aromatic heterocycles. The molecule has 2 aromatic rings. The number of hydrogen-bond acceptors (Lipinski definition) is 5. The van der Waals surface area contributed by atoms with Gasteiger partial charge in [0.25, 0.3) is 0 Å². The molecule has 1 unspecified atom stereocenters. The summed E-state index contributed by atoms with van der Waals surface area (Å²) in [6, 6.07) is 9.57. The second-order valence-electron chi connectivity index (χ2n) is 5.94. The second-order valence-corrected chi connectivity index (χ2v) is 5.94. The Hall–Kier alpha value is -2.21. The fraction of sp³-hybridized carbons (Fsp3) is 0.400. The van der Waals surface area contributed by atoms with Crippen molar-refractivity contribution in [3.05, 3.63) is 53.7 Å². The van der Waals surface area contributed by atoms with Crippen molar-refractivity contribution in [1.29, 1.82) is 0 Å². The van der Waals surface area contributed by atoms with Gasteiger partial charge in [0.1, 0.15) is 5.75 Å². The minimum atomic E-state index is -2.88. The molecular weight excluding hydrogens is 509 g/mol. The number of halogens is 3. The lowest BCUT2D eigenvalue weighted by Crippen LogP contribution is -2.39. The maximum atomic E-state index is 12.2. The first-order valence-corrected chi connectivity index (χ1v) is 9.35. The maximum absolute atomic E-state index is 12.2. The van der Waals surface area contributed by atoms with E-state index in [1.54, 1.807) is 6.20 Å². The van der Waals surface area contributed by atoms with Crippen LogP contribution in [0.15, 0.2) is 47.6 Å². The SMILES string of the molecule is CCNC(=NCc1cccnc1OCC)NCC(O)c1ccc(OC(F)F)cc1.I. The monoisotopic (exact) mass is 536 g/mol. The normalized spacial score (nSPS) is 12.1. The smallest absolute Gasteiger partial charge is 0.387 e. The molecule has 0 saturated heterocycles. The molecule has 1 aromatic carbocycles. The summed E-state index contributed by atoms with van der Waals surface area (Å²) in [6.07, 6.45) is 0.812. The van der Waals surface area contributed by atoms with Crippen molar-refractivity contribution in [2.45, 2.75) is 33.1 Å². The molecule has 10 heteroatoms. The first kappa shape index (κ1) is 25.8. The minimum Gasteiger partial charge on any atom is -0.478 e. The molecule has 0 saturated carbocycles. The minimum absolute atomic E-state index is 0. The van der Waals surface area contributed by atoms with Gasteiger partial charge >= 0.3 is 6.61 Å². The lowest BCUT2D eigenvalue weighted by atomic mass is 10.1. The summed E-state index contributed by atoms with van der Waals surface area (Å²) in [4.78, 5) is 8.70. The van der Waals surface area contributed by atoms with E-state index in [9.17, 15) is 13.9 Å². The highest BCUT2D eigenvalue weighted by molar-refractivity contribution is 14.0. The average Bonchev–Trinajstić information content (AvgIpc) is 2.71. The molecule has 1 heterocycles. The van der Waals surface area contributed by atoms with E-state index in [0.29, 0.717) is 37.1 Å². The number of aliphatic hydroxyl groups excluding tert-OH is 1. The molecule has 7 nitrogen and oxygen atoms in total. The van der Waals surface area contributed by atoms with Gasteiger partial charge in [0.15, 0.2) is 5.96 Å². The molecule has 0 aliphatic heterocycles. The van der Waals surface area contributed by atoms with Gasteiger partial charge in [0.2, 0.25) is 5.88 Å². The van der Waals surface area contributed by atoms with E-state index in [1.165, 1.54) is 24.3 Å². The molecule has 30 heavy (non-hydrogen) atoms. The topological polar surface area (TPSA) is 88.0 Å². The fourth-order valence-corrected chi connectivity index (χ4v) is 2.50. The highest BCUT2D eigenvalue weighted by Gasteiger charge is 2.11. The van der Waals surface area contributed by atoms with Crippen LogP contribution in [0.4, 0.5) is 8.78 Å². The number of alkyl halides is 2. The third-order valence-corrected chi connectivity index (χ3v) is 3.84. The van der Waals surface area contributed by atoms with Gasteiger partial charge in [-0.05, 0) is 37.6 Å². The van der Waals surface area contributed by atoms with E-state index in [0.717, 1.165) is 5.56 Å². The number of aliphatic imine (C=N–C) groups is 1. The van der Waals surface area contributed by atoms with Gasteiger partial charge in [-0.1, -0.05) is 18.2 Å². The molecule has 2 rings (SSSR count). The summed E-state index contributed by atoms with van der Waals surface area (Å²) in [5.41, 5.74) is 1.42. The number of nitrogens with zero attached hydrogens (tertiary/aromatic N) is 2. The standard InChI is InChI=1S/C20H26F2N4O3.HI/c1-3-23-20(25-12-15-6-5-11-24-18(15)28-4-2)26-13-17(27)14-7-9-16(10-8-14)29-19(21)22;/h5-11,17,19,27H,3-4,12-13H2,1-2H3,(H2,23,25,26);1H. The van der Waals surface area contributed by atoms with Crippen molar-refractivity contribution in [3.8, 4) is 11.6 Å². The molecule has 166 valence electrons. The van der Waals surface area contributed by atoms with Crippen molar-refractivity contribution in [1.82, 2.24) is 15.6 Å². The molecule has 0 spiro atoms. The van der Waals surface area contributed by atoms with Crippen molar-refractivity contribution in [3.63, 3.8) is 0 Å². The highest BCUT2D eigenvalue weighted by atomic mass is 127. The van der Waals surface area contributed by atoms with E-state index < -0.39 is 12.7 Å². The summed E-state index contributed by atoms with van der Waals surface area (Å²) in [6.45, 7) is 2.65. The van der Waals surface area contributed by atoms with E-state index in [-0.39, 0.29) is 36.3 Å². The molecular formula is C20H27F2IN4O3. The maximum Gasteiger partial charge on any atom is 0.387 e. The van der Waals surface area contributed by atoms with Crippen LogP contribution in [0.3, 0.4) is 0 Å². The number of benzene rings is 1. The van der Waals surface area contributed by atoms with E-state index in [1.807, 2.05) is 26.0 Å². The molecule has 0 aliphatic rings. The largest absolute Gasteiger partial charge is 0.478 e. The zero-order chi connectivity index (χ0) is 21.1. The Morgan fingerprint density at radius 2 is 1.90 bits per heavy atom. The number of pyridine rings is 1. The Labute approximate surface area is 191 Å². The van der Waals surface area contributed by atoms with Gasteiger partial charge in [-0.3, -0.25) is 0 Å². The molecule has 0 aliphatic carbocycles. The van der Waals surface area contributed by atoms with Gasteiger partial charge in [-0.25, -0.2) is 9.98 Å². The summed E-state index contributed by atoms with van der Waals surface area (Å²) in [5, 5.41) is 16.5. The first-order chi connectivity index (χ1) is 14.0. The molecule has 0 fully saturated rings. The summed E-state index contributed by atoms with van der Waals surface area (Å²) < 4.78 is 34.2. The van der Waals surface area contributed by atoms with Crippen LogP contribution in [0.25, 0.3) is 0 Å². The Morgan fingerprint density at radius 1 is 1.17 bits per heavy atom. The van der Waals surface area contributed by atoms with E-state index in [2.05, 4.69) is 25.3 Å². The number of guanidine groups is 1. The Balaban J connectivity index is 0.00000450. The van der Waals surface area contributed by atoms with Gasteiger partial charge in [-0.2, -0.15) is 8.78 Å². The second kappa shape index (κ2) is 13.9. The fourth-order valence-electron chi connectivity index (χ4n) is 2.50. The zero-order valence-electron chi connectivity index (χ0n) is 16.8. The Bertz CT molecular complexity index is 779. The number of ether oxygens (including phenoxy) is 2. The zero-order valence-corrected chi connectivity index (χ0v) is 19.2. The van der Waals surface area contributed by atoms with Crippen LogP contribution in [0.2, 0.25) is 0 Å². The Kier molecular flexibility index (Phi) is 12.0. The van der Waals surface area contributed by atoms with Crippen molar-refractivity contribution in [2.75, 3.05) is 19.7 Å². The van der Waals surface area contributed by atoms with Gasteiger partial charge in [-0.15, -0.1) is 24.0 Å². The lowest BCUT2D eigenvalue weighted by molar-refractivity contribution is -0.0498. The number of rotatable bonds is 10. The van der Waals surface area contributed by atoms with Gasteiger partial charge in [0, 0.05) is 24.8 Å². The van der Waals surface area contributed by atoms with Gasteiger partial charge < -0.3 is 25.2 Å². The van der Waals surface area contributed by atoms with Crippen LogP contribution in [-0.2, 0) is 6.54 Å². The predicted octanol–water partition coefficient (Wildman–Crippen LogP) is 3.49. The first-order valence-electron chi connectivity index (χ1n) is 9.35. The number of aliphatic hydroxyl groups is 1. The Morgan fingerprint density at radius 3 is 2.53 bits per heavy atom. The lowest BCUT2D eigenvalue weighted by Gasteiger charge is -2.16. The highest BCUT2D eigenvalue weighted by Crippen LogP contribution is 2.19. The summed E-state index contributed by atoms with van der Waals surface area (Å²) in [5.74, 6) is 1.11. The molecule has 0 amide bonds. The van der Waals surface area contributed by atoms with E-state index in [4.69, 9.17) is 4.74 Å². The van der Waals surface area contributed by atoms with Crippen LogP contribution < -0.4 is 20.1 Å². The average molecular weight is 536 g/mol. The van der Waals surface area contributed by atoms with E-state index >= 15 is 0 Å². The van der Waals surface area contributed by atoms with Crippen LogP contribution in [-0.4, -0.2) is 42.4 Å². The van der Waals surface area contributed by atoms with Crippen molar-refractivity contribution < 1.29 is 23.4 Å². The molecule has 0 radical (unpaired) electrons. The summed E-state index contributed by atoms with van der Waals surface area (Å²) >= 11 is 0. The molecule has 3 N–H and O–H groups in total. The predicted molar refractivity (Wildman–Crippen MR) is 122 cm³/mol. The van der Waals surface area contributed by atoms with Crippen LogP contribution in [0, 0.1) is 0 Å². The quantitative estimate of drug-likeness (QED) is 0.245.